The smallest absolute Gasteiger partial charge is 0.348 e. The molecule has 4 nitrogen and oxygen atoms in total. The maximum atomic E-state index is 11.2. The van der Waals surface area contributed by atoms with E-state index in [1.54, 1.807) is 13.8 Å². The van der Waals surface area contributed by atoms with E-state index in [1.165, 1.54) is 0 Å². The Morgan fingerprint density at radius 1 is 1.54 bits per heavy atom. The average Bonchev–Trinajstić information content (AvgIpc) is 2.47. The van der Waals surface area contributed by atoms with E-state index in [-0.39, 0.29) is 5.97 Å². The first-order valence-electron chi connectivity index (χ1n) is 3.91. The van der Waals surface area contributed by atoms with Gasteiger partial charge in [-0.1, -0.05) is 22.6 Å². The molecule has 1 fully saturated rings. The van der Waals surface area contributed by atoms with E-state index in [0.717, 1.165) is 0 Å². The molecule has 0 aromatic carbocycles. The number of ether oxygens (including phenoxy) is 3. The number of carbonyl (C=O) groups excluding carboxylic acids is 1. The summed E-state index contributed by atoms with van der Waals surface area (Å²) in [6.45, 7) is 3.55. The minimum absolute atomic E-state index is 0.368. The van der Waals surface area contributed by atoms with Crippen molar-refractivity contribution in [2.75, 3.05) is 4.43 Å². The van der Waals surface area contributed by atoms with Crippen LogP contribution >= 0.6 is 22.6 Å². The molecule has 2 aliphatic heterocycles. The number of cyclic esters (lactones) is 1. The highest BCUT2D eigenvalue weighted by molar-refractivity contribution is 14.1. The molecule has 1 unspecified atom stereocenters. The maximum Gasteiger partial charge on any atom is 0.348 e. The zero-order valence-electron chi connectivity index (χ0n) is 7.30. The van der Waals surface area contributed by atoms with E-state index in [1.807, 2.05) is 0 Å². The molecule has 0 bridgehead atoms. The monoisotopic (exact) mass is 296 g/mol. The summed E-state index contributed by atoms with van der Waals surface area (Å²) in [5, 5.41) is 0. The van der Waals surface area contributed by atoms with Crippen LogP contribution in [0.4, 0.5) is 0 Å². The van der Waals surface area contributed by atoms with Crippen molar-refractivity contribution in [3.63, 3.8) is 0 Å². The van der Waals surface area contributed by atoms with Crippen LogP contribution in [0.3, 0.4) is 0 Å². The maximum absolute atomic E-state index is 11.2. The minimum Gasteiger partial charge on any atom is -0.460 e. The predicted octanol–water partition coefficient (Wildman–Crippen LogP) is 1.34. The Labute approximate surface area is 89.4 Å². The fourth-order valence-electron chi connectivity index (χ4n) is 1.36. The van der Waals surface area contributed by atoms with Crippen LogP contribution in [0.25, 0.3) is 0 Å². The lowest BCUT2D eigenvalue weighted by atomic mass is 10.3. The van der Waals surface area contributed by atoms with E-state index in [2.05, 4.69) is 22.6 Å². The first kappa shape index (κ1) is 9.26. The fraction of sp³-hybridized carbons (Fsp3) is 0.625. The van der Waals surface area contributed by atoms with Crippen LogP contribution in [-0.4, -0.2) is 22.3 Å². The Morgan fingerprint density at radius 3 is 2.85 bits per heavy atom. The molecule has 0 radical (unpaired) electrons. The van der Waals surface area contributed by atoms with Crippen molar-refractivity contribution in [3.8, 4) is 0 Å². The minimum atomic E-state index is -0.712. The van der Waals surface area contributed by atoms with Crippen molar-refractivity contribution in [1.29, 1.82) is 0 Å². The standard InChI is InChI=1S/C8H9IO4/c1-8(2)12-5-4(3-9)11-7(10)6(5)13-8/h6H,3H2,1-2H3. The van der Waals surface area contributed by atoms with Gasteiger partial charge in [-0.3, -0.25) is 0 Å². The van der Waals surface area contributed by atoms with Crippen molar-refractivity contribution in [3.05, 3.63) is 11.5 Å². The zero-order chi connectivity index (χ0) is 9.64. The van der Waals surface area contributed by atoms with Gasteiger partial charge in [0.1, 0.15) is 0 Å². The molecule has 0 aromatic heterocycles. The van der Waals surface area contributed by atoms with Crippen molar-refractivity contribution in [1.82, 2.24) is 0 Å². The third kappa shape index (κ3) is 1.43. The molecule has 1 saturated heterocycles. The van der Waals surface area contributed by atoms with E-state index in [0.29, 0.717) is 15.9 Å². The molecular weight excluding hydrogens is 287 g/mol. The van der Waals surface area contributed by atoms with Crippen LogP contribution < -0.4 is 0 Å². The number of rotatable bonds is 1. The van der Waals surface area contributed by atoms with Gasteiger partial charge in [0.2, 0.25) is 11.9 Å². The highest BCUT2D eigenvalue weighted by Gasteiger charge is 2.49. The third-order valence-corrected chi connectivity index (χ3v) is 2.52. The summed E-state index contributed by atoms with van der Waals surface area (Å²) in [6, 6.07) is 0. The fourth-order valence-corrected chi connectivity index (χ4v) is 1.89. The molecule has 2 rings (SSSR count). The SMILES string of the molecule is CC1(C)OC2=C(CI)OC(=O)C2O1. The summed E-state index contributed by atoms with van der Waals surface area (Å²) in [6.07, 6.45) is -0.639. The van der Waals surface area contributed by atoms with Gasteiger partial charge in [-0.2, -0.15) is 0 Å². The van der Waals surface area contributed by atoms with E-state index in [4.69, 9.17) is 14.2 Å². The molecule has 2 aliphatic rings. The molecule has 0 aliphatic carbocycles. The van der Waals surface area contributed by atoms with Gasteiger partial charge in [-0.25, -0.2) is 4.79 Å². The number of allylic oxidation sites excluding steroid dienone is 1. The van der Waals surface area contributed by atoms with E-state index in [9.17, 15) is 4.79 Å². The van der Waals surface area contributed by atoms with E-state index < -0.39 is 11.9 Å². The second-order valence-electron chi connectivity index (χ2n) is 3.34. The summed E-state index contributed by atoms with van der Waals surface area (Å²) >= 11 is 2.12. The summed E-state index contributed by atoms with van der Waals surface area (Å²) in [5.74, 6) is 0.0501. The average molecular weight is 296 g/mol. The molecule has 1 atom stereocenters. The Balaban J connectivity index is 2.33. The van der Waals surface area contributed by atoms with Crippen LogP contribution in [0, 0.1) is 0 Å². The van der Waals surface area contributed by atoms with Crippen molar-refractivity contribution in [2.24, 2.45) is 0 Å². The van der Waals surface area contributed by atoms with Crippen LogP contribution in [0.2, 0.25) is 0 Å². The number of hydrogen-bond acceptors (Lipinski definition) is 4. The quantitative estimate of drug-likeness (QED) is 0.416. The van der Waals surface area contributed by atoms with Crippen LogP contribution in [0.15, 0.2) is 11.5 Å². The van der Waals surface area contributed by atoms with Gasteiger partial charge in [-0.05, 0) is 0 Å². The second-order valence-corrected chi connectivity index (χ2v) is 4.10. The van der Waals surface area contributed by atoms with Crippen LogP contribution in [-0.2, 0) is 19.0 Å². The number of halogens is 1. The second kappa shape index (κ2) is 2.84. The first-order valence-corrected chi connectivity index (χ1v) is 5.43. The molecule has 0 spiro atoms. The number of fused-ring (bicyclic) bond motifs is 1. The van der Waals surface area contributed by atoms with E-state index >= 15 is 0 Å². The number of carbonyl (C=O) groups is 1. The summed E-state index contributed by atoms with van der Waals surface area (Å²) in [4.78, 5) is 11.2. The summed E-state index contributed by atoms with van der Waals surface area (Å²) in [5.41, 5.74) is 0. The van der Waals surface area contributed by atoms with Crippen LogP contribution in [0.5, 0.6) is 0 Å². The number of alkyl halides is 1. The first-order chi connectivity index (χ1) is 6.03. The molecule has 72 valence electrons. The zero-order valence-corrected chi connectivity index (χ0v) is 9.45. The largest absolute Gasteiger partial charge is 0.460 e. The molecular formula is C8H9IO4. The Morgan fingerprint density at radius 2 is 2.23 bits per heavy atom. The lowest BCUT2D eigenvalue weighted by Gasteiger charge is -2.17. The lowest BCUT2D eigenvalue weighted by molar-refractivity contribution is -0.168. The normalized spacial score (nSPS) is 30.1. The lowest BCUT2D eigenvalue weighted by Crippen LogP contribution is -2.25. The van der Waals surface area contributed by atoms with Gasteiger partial charge < -0.3 is 14.2 Å². The Kier molecular flexibility index (Phi) is 2.03. The Bertz CT molecular complexity index is 295. The van der Waals surface area contributed by atoms with Gasteiger partial charge in [0.05, 0.1) is 4.43 Å². The number of hydrogen-bond donors (Lipinski definition) is 0. The number of esters is 1. The highest BCUT2D eigenvalue weighted by atomic mass is 127. The topological polar surface area (TPSA) is 44.8 Å². The van der Waals surface area contributed by atoms with Gasteiger partial charge in [-0.15, -0.1) is 0 Å². The van der Waals surface area contributed by atoms with Crippen LogP contribution in [0.1, 0.15) is 13.8 Å². The molecule has 0 N–H and O–H groups in total. The van der Waals surface area contributed by atoms with Crippen molar-refractivity contribution < 1.29 is 19.0 Å². The third-order valence-electron chi connectivity index (χ3n) is 1.83. The highest BCUT2D eigenvalue weighted by Crippen LogP contribution is 2.38. The molecule has 0 aromatic rings. The summed E-state index contributed by atoms with van der Waals surface area (Å²) in [7, 11) is 0. The van der Waals surface area contributed by atoms with Gasteiger partial charge in [0, 0.05) is 13.8 Å². The Hall–Kier alpha value is -0.300. The molecule has 13 heavy (non-hydrogen) atoms. The molecule has 5 heteroatoms. The van der Waals surface area contributed by atoms with Gasteiger partial charge in [0.15, 0.2) is 11.5 Å². The molecule has 0 amide bonds. The van der Waals surface area contributed by atoms with Crippen molar-refractivity contribution in [2.45, 2.75) is 25.7 Å². The summed E-state index contributed by atoms with van der Waals surface area (Å²) < 4.78 is 16.4. The van der Waals surface area contributed by atoms with Gasteiger partial charge in [0.25, 0.3) is 0 Å². The molecule has 2 heterocycles. The van der Waals surface area contributed by atoms with Gasteiger partial charge >= 0.3 is 5.97 Å². The predicted molar refractivity (Wildman–Crippen MR) is 52.0 cm³/mol. The van der Waals surface area contributed by atoms with Crippen molar-refractivity contribution >= 4 is 28.6 Å². The molecule has 0 saturated carbocycles.